The van der Waals surface area contributed by atoms with Gasteiger partial charge in [0.05, 0.1) is 22.8 Å². The van der Waals surface area contributed by atoms with Crippen LogP contribution >= 0.6 is 71.3 Å². The zero-order valence-corrected chi connectivity index (χ0v) is 53.3. The van der Waals surface area contributed by atoms with Crippen LogP contribution in [0.25, 0.3) is 87.2 Å². The first-order valence-corrected chi connectivity index (χ1v) is 29.3. The van der Waals surface area contributed by atoms with Gasteiger partial charge in [-0.3, -0.25) is 29.3 Å². The van der Waals surface area contributed by atoms with Gasteiger partial charge >= 0.3 is 25.7 Å². The number of carbonyl (C=O) groups excluding carboxylic acids is 3. The van der Waals surface area contributed by atoms with Crippen molar-refractivity contribution in [3.63, 3.8) is 0 Å². The number of benzene rings is 3. The first-order valence-electron chi connectivity index (χ1n) is 25.7. The van der Waals surface area contributed by atoms with Gasteiger partial charge < -0.3 is 29.8 Å². The standard InChI is InChI=1S/C42H26Br3N3O6.C21H21F3N3S.CNS.Ru/c43-33-7-1-30(2-8-33)40(52-24-49)21-27-13-15-46-36(17-27)38-19-29(23-42(54-26-51)32-5-11-35(45)12-6-32)20-39(48-38)37-18-28(14-16-47-37)22-41(53-25-50)31-3-9-34(44)10-4-31;1-2-3-4-5-6-16-9-10-17(28-16)8-7-15-11-12-25-18(13-15)19-14-20(27-26-19)21(22,23)24;2-1-3;/h1-26H;7-14H,2-6H2,1H3;;/q;2*-1;+2/b40-21+,41-22+,42-23+;8-7+;;. The molecule has 0 unspecified atom stereocenters. The summed E-state index contributed by atoms with van der Waals surface area (Å²) in [5.41, 5.74) is 6.44. The Morgan fingerprint density at radius 3 is 1.45 bits per heavy atom. The predicted octanol–water partition coefficient (Wildman–Crippen LogP) is 17.6. The minimum absolute atomic E-state index is 0. The summed E-state index contributed by atoms with van der Waals surface area (Å²) in [5.74, 6) is 1.01. The van der Waals surface area contributed by atoms with Gasteiger partial charge in [-0.15, -0.1) is 11.3 Å². The number of carbonyl (C=O) groups is 3. The second kappa shape index (κ2) is 34.4. The molecule has 0 aliphatic rings. The van der Waals surface area contributed by atoms with Crippen LogP contribution in [0.15, 0.2) is 172 Å². The van der Waals surface area contributed by atoms with Gasteiger partial charge in [0, 0.05) is 64.1 Å². The van der Waals surface area contributed by atoms with Crippen molar-refractivity contribution in [2.75, 3.05) is 0 Å². The molecular weight excluding hydrogens is 1420 g/mol. The summed E-state index contributed by atoms with van der Waals surface area (Å²) in [7, 11) is 0. The number of alkyl halides is 3. The number of unbranched alkanes of at least 4 members (excludes halogenated alkanes) is 3. The van der Waals surface area contributed by atoms with Crippen LogP contribution in [0.2, 0.25) is 0 Å². The van der Waals surface area contributed by atoms with Crippen LogP contribution in [0.4, 0.5) is 13.2 Å². The van der Waals surface area contributed by atoms with E-state index in [-0.39, 0.29) is 25.2 Å². The molecule has 0 saturated heterocycles. The fourth-order valence-electron chi connectivity index (χ4n) is 8.03. The molecule has 6 aromatic heterocycles. The van der Waals surface area contributed by atoms with Crippen LogP contribution in [0.1, 0.15) is 87.0 Å². The summed E-state index contributed by atoms with van der Waals surface area (Å²) in [6.07, 6.45) is 15.6. The van der Waals surface area contributed by atoms with Gasteiger partial charge in [0.1, 0.15) is 23.0 Å². The van der Waals surface area contributed by atoms with E-state index in [2.05, 4.69) is 104 Å². The third kappa shape index (κ3) is 20.7. The third-order valence-electron chi connectivity index (χ3n) is 12.0. The van der Waals surface area contributed by atoms with E-state index in [1.54, 1.807) is 72.4 Å². The van der Waals surface area contributed by atoms with Gasteiger partial charge in [0.2, 0.25) is 0 Å². The zero-order chi connectivity index (χ0) is 60.6. The van der Waals surface area contributed by atoms with Crippen molar-refractivity contribution in [3.8, 4) is 34.2 Å². The molecule has 0 fully saturated rings. The molecule has 0 radical (unpaired) electrons. The van der Waals surface area contributed by atoms with E-state index in [4.69, 9.17) is 24.6 Å². The van der Waals surface area contributed by atoms with Crippen molar-refractivity contribution in [1.82, 2.24) is 30.1 Å². The Labute approximate surface area is 541 Å². The second-order valence-corrected chi connectivity index (χ2v) is 22.1. The van der Waals surface area contributed by atoms with E-state index in [1.165, 1.54) is 35.7 Å². The van der Waals surface area contributed by atoms with Gasteiger partial charge in [-0.1, -0.05) is 134 Å². The minimum Gasteiger partial charge on any atom is -0.753 e. The smallest absolute Gasteiger partial charge is 0.753 e. The average molecular weight is 1470 g/mol. The van der Waals surface area contributed by atoms with Crippen molar-refractivity contribution < 1.29 is 61.2 Å². The molecule has 0 atom stereocenters. The monoisotopic (exact) mass is 1470 g/mol. The summed E-state index contributed by atoms with van der Waals surface area (Å²) in [6.45, 7) is 3.35. The Kier molecular flexibility index (Phi) is 26.9. The van der Waals surface area contributed by atoms with E-state index in [9.17, 15) is 27.6 Å². The van der Waals surface area contributed by atoms with Crippen molar-refractivity contribution in [3.05, 3.63) is 231 Å². The quantitative estimate of drug-likeness (QED) is 0.0119. The summed E-state index contributed by atoms with van der Waals surface area (Å²) < 4.78 is 56.8. The number of isothiocyanates is 1. The van der Waals surface area contributed by atoms with Crippen molar-refractivity contribution in [2.45, 2.75) is 45.2 Å². The molecule has 0 aliphatic carbocycles. The number of thiophene rings is 1. The number of hydrogen-bond acceptors (Lipinski definition) is 13. The summed E-state index contributed by atoms with van der Waals surface area (Å²) in [4.78, 5) is 55.3. The van der Waals surface area contributed by atoms with E-state index >= 15 is 0 Å². The molecule has 3 aromatic carbocycles. The van der Waals surface area contributed by atoms with Crippen molar-refractivity contribution in [2.24, 2.45) is 0 Å². The number of thiocarbonyl (C=S) groups is 1. The Morgan fingerprint density at radius 1 is 0.581 bits per heavy atom. The molecule has 6 heterocycles. The summed E-state index contributed by atoms with van der Waals surface area (Å²) in [5, 5.41) is 15.3. The van der Waals surface area contributed by atoms with Crippen LogP contribution in [0, 0.1) is 0 Å². The van der Waals surface area contributed by atoms with Crippen LogP contribution in [0.3, 0.4) is 0 Å². The van der Waals surface area contributed by atoms with Crippen molar-refractivity contribution >= 4 is 144 Å². The largest absolute Gasteiger partial charge is 2.00 e. The average Bonchev–Trinajstić information content (AvgIpc) is 2.65. The second-order valence-electron chi connectivity index (χ2n) is 17.9. The van der Waals surface area contributed by atoms with Gasteiger partial charge in [-0.2, -0.15) is 18.3 Å². The number of aryl methyl sites for hydroxylation is 1. The third-order valence-corrected chi connectivity index (χ3v) is 14.7. The maximum atomic E-state index is 12.7. The minimum atomic E-state index is -4.50. The van der Waals surface area contributed by atoms with E-state index in [0.29, 0.717) is 98.5 Å². The Bertz CT molecular complexity index is 3760. The normalized spacial score (nSPS) is 11.5. The fourth-order valence-corrected chi connectivity index (χ4v) is 9.78. The summed E-state index contributed by atoms with van der Waals surface area (Å²) >= 11 is 15.8. The Morgan fingerprint density at radius 2 is 1.01 bits per heavy atom. The van der Waals surface area contributed by atoms with Crippen LogP contribution in [0.5, 0.6) is 0 Å². The fraction of sp³-hybridized carbons (Fsp3) is 0.109. The van der Waals surface area contributed by atoms with Gasteiger partial charge in [-0.25, -0.2) is 4.98 Å². The van der Waals surface area contributed by atoms with Gasteiger partial charge in [0.15, 0.2) is 0 Å². The van der Waals surface area contributed by atoms with Crippen molar-refractivity contribution in [1.29, 1.82) is 0 Å². The van der Waals surface area contributed by atoms with Crippen LogP contribution in [-0.2, 0) is 60.7 Å². The molecule has 0 aliphatic heterocycles. The molecule has 436 valence electrons. The number of ether oxygens (including phenoxy) is 3. The molecular formula is C64H47Br3F3N7O6RuS2. The zero-order valence-electron chi connectivity index (χ0n) is 45.2. The molecule has 0 bridgehead atoms. The Hall–Kier alpha value is -7.81. The topological polar surface area (TPSA) is 180 Å². The number of aromatic nitrogens is 6. The number of nitrogens with zero attached hydrogens (tertiary/aromatic N) is 7. The molecule has 86 heavy (non-hydrogen) atoms. The van der Waals surface area contributed by atoms with Gasteiger partial charge in [0.25, 0.3) is 19.4 Å². The first-order chi connectivity index (χ1) is 41.2. The molecule has 13 nitrogen and oxygen atoms in total. The maximum Gasteiger partial charge on any atom is 2.00 e. The molecule has 9 rings (SSSR count). The number of rotatable bonds is 22. The van der Waals surface area contributed by atoms with E-state index in [1.807, 2.05) is 109 Å². The molecule has 9 aromatic rings. The van der Waals surface area contributed by atoms with Crippen LogP contribution < -0.4 is 5.10 Å². The molecule has 0 N–H and O–H groups in total. The SMILES string of the molecule is CCCCCCc1ccc(/C=C/c2ccnc(-c3cc(C(F)(F)F)n[n-]3)c2)s1.O=CO/C(=C/c1ccnc(-c2cc(/C=C(/OC=O)c3ccc(Br)cc3)cc(-c3cc(/C=C(/OC=O)c4ccc(Br)cc4)ccn3)n2)c1)c1ccc(Br)cc1.[N-]=C=S.[Ru+2]. The molecule has 0 saturated carbocycles. The van der Waals surface area contributed by atoms with E-state index < -0.39 is 11.9 Å². The van der Waals surface area contributed by atoms with Crippen LogP contribution in [-0.4, -0.2) is 49.6 Å². The molecule has 0 amide bonds. The maximum absolute atomic E-state index is 12.7. The first kappa shape index (κ1) is 67.3. The van der Waals surface area contributed by atoms with Gasteiger partial charge in [-0.05, 0) is 163 Å². The molecule has 22 heteroatoms. The summed E-state index contributed by atoms with van der Waals surface area (Å²) in [6, 6.07) is 41.6. The Balaban J connectivity index is 0.000000310. The number of pyridine rings is 4. The predicted molar refractivity (Wildman–Crippen MR) is 341 cm³/mol. The van der Waals surface area contributed by atoms with E-state index in [0.717, 1.165) is 36.3 Å². The molecule has 0 spiro atoms. The number of hydrogen-bond donors (Lipinski definition) is 0. The number of halogens is 6.